The lowest BCUT2D eigenvalue weighted by molar-refractivity contribution is 0.0698. The van der Waals surface area contributed by atoms with E-state index in [0.717, 1.165) is 11.1 Å². The largest absolute Gasteiger partial charge is 0.478 e. The summed E-state index contributed by atoms with van der Waals surface area (Å²) in [6.45, 7) is 3.75. The highest BCUT2D eigenvalue weighted by Gasteiger charge is 2.14. The van der Waals surface area contributed by atoms with Crippen LogP contribution < -0.4 is 5.32 Å². The number of carboxylic acids is 1. The minimum Gasteiger partial charge on any atom is -0.478 e. The molecule has 0 unspecified atom stereocenters. The Morgan fingerprint density at radius 3 is 2.40 bits per heavy atom. The second-order valence-corrected chi connectivity index (χ2v) is 4.62. The van der Waals surface area contributed by atoms with Crippen LogP contribution in [0.3, 0.4) is 0 Å². The second-order valence-electron chi connectivity index (χ2n) is 4.62. The van der Waals surface area contributed by atoms with Gasteiger partial charge in [0.15, 0.2) is 0 Å². The fraction of sp³-hybridized carbons (Fsp3) is 0.125. The number of carbonyl (C=O) groups excluding carboxylic acids is 1. The molecule has 0 aromatic heterocycles. The monoisotopic (exact) mass is 269 g/mol. The topological polar surface area (TPSA) is 66.4 Å². The molecular formula is C16H15NO3. The molecule has 4 heteroatoms. The van der Waals surface area contributed by atoms with Crippen molar-refractivity contribution < 1.29 is 14.7 Å². The molecule has 0 saturated carbocycles. The molecule has 20 heavy (non-hydrogen) atoms. The van der Waals surface area contributed by atoms with E-state index < -0.39 is 5.97 Å². The van der Waals surface area contributed by atoms with Gasteiger partial charge in [-0.15, -0.1) is 0 Å². The van der Waals surface area contributed by atoms with E-state index in [2.05, 4.69) is 5.32 Å². The van der Waals surface area contributed by atoms with E-state index >= 15 is 0 Å². The second kappa shape index (κ2) is 5.57. The molecule has 2 rings (SSSR count). The van der Waals surface area contributed by atoms with E-state index in [9.17, 15) is 9.59 Å². The van der Waals surface area contributed by atoms with Gasteiger partial charge in [-0.1, -0.05) is 29.8 Å². The molecule has 4 nitrogen and oxygen atoms in total. The van der Waals surface area contributed by atoms with Gasteiger partial charge in [-0.2, -0.15) is 0 Å². The van der Waals surface area contributed by atoms with Gasteiger partial charge < -0.3 is 10.4 Å². The fourth-order valence-corrected chi connectivity index (χ4v) is 1.95. The van der Waals surface area contributed by atoms with Crippen molar-refractivity contribution in [3.8, 4) is 0 Å². The zero-order valence-corrected chi connectivity index (χ0v) is 11.3. The van der Waals surface area contributed by atoms with Gasteiger partial charge in [0.25, 0.3) is 5.91 Å². The maximum absolute atomic E-state index is 12.3. The highest BCUT2D eigenvalue weighted by atomic mass is 16.4. The number of nitrogens with one attached hydrogen (secondary N) is 1. The number of carbonyl (C=O) groups is 2. The number of aromatic carboxylic acids is 1. The van der Waals surface area contributed by atoms with Gasteiger partial charge in [0.05, 0.1) is 11.3 Å². The Kier molecular flexibility index (Phi) is 3.84. The van der Waals surface area contributed by atoms with Gasteiger partial charge in [-0.3, -0.25) is 4.79 Å². The molecule has 1 amide bonds. The van der Waals surface area contributed by atoms with Crippen molar-refractivity contribution in [3.05, 3.63) is 64.7 Å². The van der Waals surface area contributed by atoms with Gasteiger partial charge in [0.1, 0.15) is 0 Å². The SMILES string of the molecule is Cc1ccc(C)c(C(=O)Nc2ccccc2C(=O)O)c1. The molecule has 0 saturated heterocycles. The molecule has 0 atom stereocenters. The van der Waals surface area contributed by atoms with Crippen LogP contribution in [0.15, 0.2) is 42.5 Å². The first-order chi connectivity index (χ1) is 9.49. The lowest BCUT2D eigenvalue weighted by Crippen LogP contribution is -2.16. The maximum Gasteiger partial charge on any atom is 0.337 e. The molecular weight excluding hydrogens is 254 g/mol. The summed E-state index contributed by atoms with van der Waals surface area (Å²) in [7, 11) is 0. The highest BCUT2D eigenvalue weighted by Crippen LogP contribution is 2.18. The summed E-state index contributed by atoms with van der Waals surface area (Å²) in [5.41, 5.74) is 2.75. The van der Waals surface area contributed by atoms with Crippen LogP contribution in [-0.2, 0) is 0 Å². The van der Waals surface area contributed by atoms with E-state index in [-0.39, 0.29) is 11.5 Å². The van der Waals surface area contributed by atoms with Gasteiger partial charge in [0.2, 0.25) is 0 Å². The third-order valence-corrected chi connectivity index (χ3v) is 3.04. The van der Waals surface area contributed by atoms with Gasteiger partial charge in [0, 0.05) is 5.56 Å². The molecule has 2 aromatic rings. The summed E-state index contributed by atoms with van der Waals surface area (Å²) < 4.78 is 0. The quantitative estimate of drug-likeness (QED) is 0.898. The van der Waals surface area contributed by atoms with Crippen molar-refractivity contribution >= 4 is 17.6 Å². The van der Waals surface area contributed by atoms with Crippen LogP contribution in [0.4, 0.5) is 5.69 Å². The van der Waals surface area contributed by atoms with Crippen molar-refractivity contribution in [1.29, 1.82) is 0 Å². The van der Waals surface area contributed by atoms with E-state index in [1.165, 1.54) is 6.07 Å². The number of amides is 1. The molecule has 0 spiro atoms. The minimum absolute atomic E-state index is 0.0751. The van der Waals surface area contributed by atoms with Gasteiger partial charge in [-0.05, 0) is 37.6 Å². The van der Waals surface area contributed by atoms with Crippen LogP contribution >= 0.6 is 0 Å². The zero-order chi connectivity index (χ0) is 14.7. The van der Waals surface area contributed by atoms with Crippen molar-refractivity contribution in [1.82, 2.24) is 0 Å². The Morgan fingerprint density at radius 1 is 1.00 bits per heavy atom. The summed E-state index contributed by atoms with van der Waals surface area (Å²) in [5.74, 6) is -1.37. The smallest absolute Gasteiger partial charge is 0.337 e. The summed E-state index contributed by atoms with van der Waals surface area (Å²) in [5, 5.41) is 11.8. The third kappa shape index (κ3) is 2.85. The highest BCUT2D eigenvalue weighted by molar-refractivity contribution is 6.08. The standard InChI is InChI=1S/C16H15NO3/c1-10-7-8-11(2)13(9-10)15(18)17-14-6-4-3-5-12(14)16(19)20/h3-9H,1-2H3,(H,17,18)(H,19,20). The average Bonchev–Trinajstić information content (AvgIpc) is 2.41. The molecule has 0 radical (unpaired) electrons. The van der Waals surface area contributed by atoms with Crippen molar-refractivity contribution in [2.24, 2.45) is 0 Å². The summed E-state index contributed by atoms with van der Waals surface area (Å²) in [6, 6.07) is 11.9. The van der Waals surface area contributed by atoms with E-state index in [1.54, 1.807) is 24.3 Å². The first kappa shape index (κ1) is 13.8. The first-order valence-electron chi connectivity index (χ1n) is 6.20. The molecule has 0 heterocycles. The lowest BCUT2D eigenvalue weighted by Gasteiger charge is -2.10. The van der Waals surface area contributed by atoms with E-state index in [0.29, 0.717) is 11.3 Å². The maximum atomic E-state index is 12.3. The van der Waals surface area contributed by atoms with Crippen molar-refractivity contribution in [2.75, 3.05) is 5.32 Å². The summed E-state index contributed by atoms with van der Waals surface area (Å²) in [4.78, 5) is 23.4. The fourth-order valence-electron chi connectivity index (χ4n) is 1.95. The zero-order valence-electron chi connectivity index (χ0n) is 11.3. The van der Waals surface area contributed by atoms with Crippen LogP contribution in [-0.4, -0.2) is 17.0 Å². The molecule has 2 N–H and O–H groups in total. The number of benzene rings is 2. The summed E-state index contributed by atoms with van der Waals surface area (Å²) >= 11 is 0. The average molecular weight is 269 g/mol. The molecule has 0 bridgehead atoms. The molecule has 0 aliphatic carbocycles. The molecule has 0 fully saturated rings. The number of hydrogen-bond donors (Lipinski definition) is 2. The Balaban J connectivity index is 2.33. The van der Waals surface area contributed by atoms with E-state index in [1.807, 2.05) is 26.0 Å². The number of hydrogen-bond acceptors (Lipinski definition) is 2. The van der Waals surface area contributed by atoms with Crippen LogP contribution in [0, 0.1) is 13.8 Å². The molecule has 0 aliphatic heterocycles. The molecule has 2 aromatic carbocycles. The van der Waals surface area contributed by atoms with Crippen molar-refractivity contribution in [3.63, 3.8) is 0 Å². The van der Waals surface area contributed by atoms with Crippen LogP contribution in [0.2, 0.25) is 0 Å². The Bertz CT molecular complexity index is 677. The number of aryl methyl sites for hydroxylation is 2. The summed E-state index contributed by atoms with van der Waals surface area (Å²) in [6.07, 6.45) is 0. The number of para-hydroxylation sites is 1. The molecule has 102 valence electrons. The van der Waals surface area contributed by atoms with Crippen LogP contribution in [0.5, 0.6) is 0 Å². The predicted molar refractivity (Wildman–Crippen MR) is 77.3 cm³/mol. The van der Waals surface area contributed by atoms with Crippen LogP contribution in [0.1, 0.15) is 31.8 Å². The van der Waals surface area contributed by atoms with Gasteiger partial charge in [-0.25, -0.2) is 4.79 Å². The normalized spacial score (nSPS) is 10.1. The first-order valence-corrected chi connectivity index (χ1v) is 6.20. The number of carboxylic acid groups (broad SMARTS) is 1. The Hall–Kier alpha value is -2.62. The van der Waals surface area contributed by atoms with Crippen LogP contribution in [0.25, 0.3) is 0 Å². The van der Waals surface area contributed by atoms with Crippen molar-refractivity contribution in [2.45, 2.75) is 13.8 Å². The third-order valence-electron chi connectivity index (χ3n) is 3.04. The number of rotatable bonds is 3. The molecule has 0 aliphatic rings. The minimum atomic E-state index is -1.07. The Morgan fingerprint density at radius 2 is 1.70 bits per heavy atom. The van der Waals surface area contributed by atoms with Gasteiger partial charge >= 0.3 is 5.97 Å². The lowest BCUT2D eigenvalue weighted by atomic mass is 10.0. The Labute approximate surface area is 117 Å². The van der Waals surface area contributed by atoms with E-state index in [4.69, 9.17) is 5.11 Å². The predicted octanol–water partition coefficient (Wildman–Crippen LogP) is 3.25. The number of anilines is 1.